The third kappa shape index (κ3) is 5.03. The number of fused-ring (bicyclic) bond motifs is 1. The lowest BCUT2D eigenvalue weighted by atomic mass is 9.98. The van der Waals surface area contributed by atoms with E-state index in [1.54, 1.807) is 31.4 Å². The fourth-order valence-corrected chi connectivity index (χ4v) is 5.71. The summed E-state index contributed by atoms with van der Waals surface area (Å²) in [6.45, 7) is 1.50. The van der Waals surface area contributed by atoms with Crippen LogP contribution in [0.1, 0.15) is 39.3 Å². The molecule has 2 amide bonds. The van der Waals surface area contributed by atoms with Crippen LogP contribution < -0.4 is 4.74 Å². The van der Waals surface area contributed by atoms with Crippen molar-refractivity contribution in [2.24, 2.45) is 0 Å². The number of amides is 2. The molecule has 2 aromatic carbocycles. The van der Waals surface area contributed by atoms with Crippen LogP contribution in [0.15, 0.2) is 72.4 Å². The Kier molecular flexibility index (Phi) is 6.62. The molecule has 0 atom stereocenters. The molecule has 0 aliphatic carbocycles. The van der Waals surface area contributed by atoms with E-state index in [9.17, 15) is 9.59 Å². The quantitative estimate of drug-likeness (QED) is 0.358. The lowest BCUT2D eigenvalue weighted by Crippen LogP contribution is -2.52. The van der Waals surface area contributed by atoms with E-state index >= 15 is 0 Å². The lowest BCUT2D eigenvalue weighted by Gasteiger charge is -2.43. The molecule has 8 nitrogen and oxygen atoms in total. The summed E-state index contributed by atoms with van der Waals surface area (Å²) in [4.78, 5) is 37.4. The molecule has 9 heteroatoms. The van der Waals surface area contributed by atoms with E-state index in [0.29, 0.717) is 43.8 Å². The molecule has 4 aromatic rings. The number of benzene rings is 2. The molecule has 0 radical (unpaired) electrons. The van der Waals surface area contributed by atoms with Crippen LogP contribution in [0.4, 0.5) is 0 Å². The highest BCUT2D eigenvalue weighted by Gasteiger charge is 2.42. The van der Waals surface area contributed by atoms with Crippen molar-refractivity contribution in [1.29, 1.82) is 0 Å². The number of hydrogen-bond donors (Lipinski definition) is 0. The largest absolute Gasteiger partial charge is 0.462 e. The van der Waals surface area contributed by atoms with Gasteiger partial charge >= 0.3 is 0 Å². The van der Waals surface area contributed by atoms with Gasteiger partial charge in [0.25, 0.3) is 11.8 Å². The minimum atomic E-state index is -0.734. The van der Waals surface area contributed by atoms with Crippen LogP contribution in [0.3, 0.4) is 0 Å². The predicted octanol–water partition coefficient (Wildman–Crippen LogP) is 5.12. The zero-order valence-electron chi connectivity index (χ0n) is 21.8. The molecule has 6 rings (SSSR count). The van der Waals surface area contributed by atoms with Crippen molar-refractivity contribution in [2.75, 3.05) is 27.2 Å². The monoisotopic (exact) mass is 540 g/mol. The summed E-state index contributed by atoms with van der Waals surface area (Å²) in [7, 11) is 3.49. The maximum atomic E-state index is 13.1. The van der Waals surface area contributed by atoms with Crippen molar-refractivity contribution < 1.29 is 19.1 Å². The van der Waals surface area contributed by atoms with Gasteiger partial charge in [0.2, 0.25) is 5.79 Å². The molecule has 2 aliphatic heterocycles. The smallest absolute Gasteiger partial charge is 0.273 e. The summed E-state index contributed by atoms with van der Waals surface area (Å²) in [6.07, 6.45) is 4.64. The molecular formula is C30H28N4O4S. The van der Waals surface area contributed by atoms with Crippen LogP contribution in [0.25, 0.3) is 21.7 Å². The van der Waals surface area contributed by atoms with E-state index in [4.69, 9.17) is 9.47 Å². The number of aromatic nitrogens is 2. The van der Waals surface area contributed by atoms with Crippen molar-refractivity contribution in [3.63, 3.8) is 0 Å². The van der Waals surface area contributed by atoms with Gasteiger partial charge in [-0.25, -0.2) is 4.98 Å². The molecule has 198 valence electrons. The minimum Gasteiger partial charge on any atom is -0.462 e. The zero-order chi connectivity index (χ0) is 27.0. The van der Waals surface area contributed by atoms with Gasteiger partial charge in [0.15, 0.2) is 0 Å². The van der Waals surface area contributed by atoms with Crippen LogP contribution >= 0.6 is 11.3 Å². The van der Waals surface area contributed by atoms with Gasteiger partial charge in [0.05, 0.1) is 6.61 Å². The zero-order valence-corrected chi connectivity index (χ0v) is 22.6. The second-order valence-electron chi connectivity index (χ2n) is 9.97. The SMILES string of the molecule is CN(C)C(=O)c1ccc(-c2ccc3c(c2)COC2(CCN(C(=O)c4csc(-c5cccnc5)n4)CC2)O3)cc1. The third-order valence-corrected chi connectivity index (χ3v) is 8.05. The highest BCUT2D eigenvalue weighted by molar-refractivity contribution is 7.13. The van der Waals surface area contributed by atoms with E-state index in [-0.39, 0.29) is 11.8 Å². The molecular weight excluding hydrogens is 512 g/mol. The molecule has 1 spiro atoms. The Bertz CT molecular complexity index is 1510. The molecule has 0 N–H and O–H groups in total. The molecule has 1 saturated heterocycles. The second kappa shape index (κ2) is 10.2. The maximum Gasteiger partial charge on any atom is 0.273 e. The molecule has 39 heavy (non-hydrogen) atoms. The molecule has 0 bridgehead atoms. The van der Waals surface area contributed by atoms with Gasteiger partial charge in [0, 0.05) is 74.5 Å². The maximum absolute atomic E-state index is 13.1. The molecule has 0 unspecified atom stereocenters. The Morgan fingerprint density at radius 1 is 1.00 bits per heavy atom. The summed E-state index contributed by atoms with van der Waals surface area (Å²) >= 11 is 1.45. The first-order valence-electron chi connectivity index (χ1n) is 12.8. The van der Waals surface area contributed by atoms with Crippen molar-refractivity contribution in [1.82, 2.24) is 19.8 Å². The fourth-order valence-electron chi connectivity index (χ4n) is 4.93. The molecule has 0 saturated carbocycles. The molecule has 1 fully saturated rings. The average molecular weight is 541 g/mol. The van der Waals surface area contributed by atoms with Crippen LogP contribution in [-0.4, -0.2) is 64.6 Å². The highest BCUT2D eigenvalue weighted by atomic mass is 32.1. The van der Waals surface area contributed by atoms with Gasteiger partial charge in [0.1, 0.15) is 16.5 Å². The molecule has 2 aliphatic rings. The lowest BCUT2D eigenvalue weighted by molar-refractivity contribution is -0.225. The molecule has 2 aromatic heterocycles. The number of thiazole rings is 1. The predicted molar refractivity (Wildman–Crippen MR) is 149 cm³/mol. The summed E-state index contributed by atoms with van der Waals surface area (Å²) in [5, 5.41) is 2.59. The van der Waals surface area contributed by atoms with E-state index in [1.807, 2.05) is 58.8 Å². The van der Waals surface area contributed by atoms with Crippen LogP contribution in [0.2, 0.25) is 0 Å². The Balaban J connectivity index is 1.10. The first kappa shape index (κ1) is 25.2. The Labute approximate surface area is 230 Å². The van der Waals surface area contributed by atoms with Gasteiger partial charge in [-0.05, 0) is 47.5 Å². The van der Waals surface area contributed by atoms with Crippen molar-refractivity contribution in [3.8, 4) is 27.4 Å². The van der Waals surface area contributed by atoms with Crippen LogP contribution in [0.5, 0.6) is 5.75 Å². The Morgan fingerprint density at radius 3 is 2.49 bits per heavy atom. The number of rotatable bonds is 4. The van der Waals surface area contributed by atoms with E-state index in [0.717, 1.165) is 33.0 Å². The number of carbonyl (C=O) groups excluding carboxylic acids is 2. The van der Waals surface area contributed by atoms with Gasteiger partial charge in [-0.3, -0.25) is 14.6 Å². The van der Waals surface area contributed by atoms with Crippen LogP contribution in [-0.2, 0) is 11.3 Å². The van der Waals surface area contributed by atoms with Crippen molar-refractivity contribution in [3.05, 3.63) is 89.2 Å². The summed E-state index contributed by atoms with van der Waals surface area (Å²) < 4.78 is 12.7. The summed E-state index contributed by atoms with van der Waals surface area (Å²) in [5.41, 5.74) is 5.06. The summed E-state index contributed by atoms with van der Waals surface area (Å²) in [6, 6.07) is 17.5. The fraction of sp³-hybridized carbons (Fsp3) is 0.267. The van der Waals surface area contributed by atoms with Gasteiger partial charge in [-0.1, -0.05) is 18.2 Å². The van der Waals surface area contributed by atoms with E-state index in [1.165, 1.54) is 11.3 Å². The Hall–Kier alpha value is -4.08. The minimum absolute atomic E-state index is 0.0205. The topological polar surface area (TPSA) is 84.9 Å². The Morgan fingerprint density at radius 2 is 1.77 bits per heavy atom. The average Bonchev–Trinajstić information content (AvgIpc) is 3.48. The highest BCUT2D eigenvalue weighted by Crippen LogP contribution is 2.39. The van der Waals surface area contributed by atoms with Crippen molar-refractivity contribution >= 4 is 23.2 Å². The first-order chi connectivity index (χ1) is 18.9. The number of likely N-dealkylation sites (tertiary alicyclic amines) is 1. The number of ether oxygens (including phenoxy) is 2. The van der Waals surface area contributed by atoms with Gasteiger partial charge < -0.3 is 19.3 Å². The third-order valence-electron chi connectivity index (χ3n) is 7.16. The standard InChI is InChI=1S/C30H28N4O4S/c1-33(2)28(35)21-7-5-20(6-8-21)22-9-10-26-24(16-22)18-37-30(38-26)11-14-34(15-12-30)29(36)25-19-39-27(32-25)23-4-3-13-31-17-23/h3-10,13,16-17,19H,11-12,14-15,18H2,1-2H3. The number of hydrogen-bond acceptors (Lipinski definition) is 7. The number of piperidine rings is 1. The van der Waals surface area contributed by atoms with Crippen LogP contribution in [0, 0.1) is 0 Å². The first-order valence-corrected chi connectivity index (χ1v) is 13.7. The number of nitrogens with zero attached hydrogens (tertiary/aromatic N) is 4. The molecule has 4 heterocycles. The van der Waals surface area contributed by atoms with Gasteiger partial charge in [-0.15, -0.1) is 11.3 Å². The number of pyridine rings is 1. The van der Waals surface area contributed by atoms with E-state index in [2.05, 4.69) is 16.0 Å². The van der Waals surface area contributed by atoms with Crippen molar-refractivity contribution in [2.45, 2.75) is 25.2 Å². The summed E-state index contributed by atoms with van der Waals surface area (Å²) in [5.74, 6) is -0.0179. The number of carbonyl (C=O) groups is 2. The van der Waals surface area contributed by atoms with Gasteiger partial charge in [-0.2, -0.15) is 0 Å². The second-order valence-corrected chi connectivity index (χ2v) is 10.8. The normalized spacial score (nSPS) is 15.9. The van der Waals surface area contributed by atoms with E-state index < -0.39 is 5.79 Å².